The van der Waals surface area contributed by atoms with Crippen molar-refractivity contribution in [1.82, 2.24) is 0 Å². The van der Waals surface area contributed by atoms with Crippen molar-refractivity contribution in [2.45, 2.75) is 11.8 Å². The monoisotopic (exact) mass is 332 g/mol. The Kier molecular flexibility index (Phi) is 4.71. The molecule has 23 heavy (non-hydrogen) atoms. The Labute approximate surface area is 136 Å². The molecule has 0 aliphatic carbocycles. The van der Waals surface area contributed by atoms with E-state index in [0.29, 0.717) is 4.90 Å². The van der Waals surface area contributed by atoms with Crippen molar-refractivity contribution in [3.05, 3.63) is 58.7 Å². The first-order valence-electron chi connectivity index (χ1n) is 6.42. The summed E-state index contributed by atoms with van der Waals surface area (Å²) in [7, 11) is 0. The van der Waals surface area contributed by atoms with Gasteiger partial charge in [-0.05, 0) is 36.8 Å². The zero-order valence-corrected chi connectivity index (χ0v) is 12.8. The molecule has 0 aliphatic heterocycles. The van der Waals surface area contributed by atoms with Gasteiger partial charge in [-0.2, -0.15) is 0 Å². The molecule has 2 aromatic carbocycles. The molecule has 6 nitrogen and oxygen atoms in total. The number of thiol groups is 1. The number of carbonyl (C=O) groups is 3. The van der Waals surface area contributed by atoms with Crippen LogP contribution in [0.4, 0.5) is 0 Å². The molecule has 0 saturated heterocycles. The lowest BCUT2D eigenvalue weighted by atomic mass is 10.1. The molecule has 0 radical (unpaired) electrons. The Morgan fingerprint density at radius 1 is 0.957 bits per heavy atom. The van der Waals surface area contributed by atoms with Crippen molar-refractivity contribution < 1.29 is 29.3 Å². The van der Waals surface area contributed by atoms with E-state index < -0.39 is 23.5 Å². The molecule has 0 fully saturated rings. The molecule has 118 valence electrons. The molecule has 0 aliphatic rings. The van der Waals surface area contributed by atoms with Gasteiger partial charge in [0.1, 0.15) is 5.75 Å². The predicted molar refractivity (Wildman–Crippen MR) is 83.8 cm³/mol. The van der Waals surface area contributed by atoms with Gasteiger partial charge in [0.05, 0.1) is 16.7 Å². The van der Waals surface area contributed by atoms with Gasteiger partial charge in [0.25, 0.3) is 0 Å². The number of carboxylic acid groups (broad SMARTS) is 2. The van der Waals surface area contributed by atoms with Crippen molar-refractivity contribution in [2.24, 2.45) is 0 Å². The van der Waals surface area contributed by atoms with E-state index >= 15 is 0 Å². The second-order valence-corrected chi connectivity index (χ2v) is 5.13. The van der Waals surface area contributed by atoms with Crippen molar-refractivity contribution in [1.29, 1.82) is 0 Å². The summed E-state index contributed by atoms with van der Waals surface area (Å²) in [6, 6.07) is 8.28. The molecular formula is C16H12O6S. The van der Waals surface area contributed by atoms with Crippen LogP contribution in [0.15, 0.2) is 41.3 Å². The molecule has 0 unspecified atom stereocenters. The predicted octanol–water partition coefficient (Wildman–Crippen LogP) is 2.90. The highest BCUT2D eigenvalue weighted by atomic mass is 32.1. The Balaban J connectivity index is 2.35. The highest BCUT2D eigenvalue weighted by molar-refractivity contribution is 7.80. The quantitative estimate of drug-likeness (QED) is 0.452. The molecule has 0 spiro atoms. The fraction of sp³-hybridized carbons (Fsp3) is 0.0625. The lowest BCUT2D eigenvalue weighted by molar-refractivity contribution is 0.0650. The third kappa shape index (κ3) is 3.51. The maximum absolute atomic E-state index is 12.2. The summed E-state index contributed by atoms with van der Waals surface area (Å²) < 4.78 is 5.12. The first kappa shape index (κ1) is 16.6. The van der Waals surface area contributed by atoms with Gasteiger partial charge in [-0.15, -0.1) is 12.6 Å². The molecule has 0 amide bonds. The smallest absolute Gasteiger partial charge is 0.344 e. The van der Waals surface area contributed by atoms with E-state index in [4.69, 9.17) is 14.9 Å². The lowest BCUT2D eigenvalue weighted by Crippen LogP contribution is -2.12. The van der Waals surface area contributed by atoms with Crippen LogP contribution >= 0.6 is 12.6 Å². The first-order valence-corrected chi connectivity index (χ1v) is 6.87. The Bertz CT molecular complexity index is 812. The third-order valence-electron chi connectivity index (χ3n) is 3.12. The van der Waals surface area contributed by atoms with Crippen LogP contribution in [0.5, 0.6) is 5.75 Å². The normalized spacial score (nSPS) is 10.2. The fourth-order valence-corrected chi connectivity index (χ4v) is 2.18. The van der Waals surface area contributed by atoms with Gasteiger partial charge in [-0.1, -0.05) is 12.1 Å². The molecule has 0 bridgehead atoms. The molecule has 0 atom stereocenters. The number of carbonyl (C=O) groups excluding carboxylic acids is 1. The van der Waals surface area contributed by atoms with Crippen LogP contribution in [0, 0.1) is 6.92 Å². The topological polar surface area (TPSA) is 101 Å². The number of hydrogen-bond acceptors (Lipinski definition) is 5. The lowest BCUT2D eigenvalue weighted by Gasteiger charge is -2.09. The van der Waals surface area contributed by atoms with E-state index in [1.54, 1.807) is 19.1 Å². The largest absolute Gasteiger partial charge is 0.478 e. The maximum Gasteiger partial charge on any atom is 0.344 e. The highest BCUT2D eigenvalue weighted by Gasteiger charge is 2.19. The molecule has 2 N–H and O–H groups in total. The van der Waals surface area contributed by atoms with Gasteiger partial charge in [0.2, 0.25) is 0 Å². The number of benzene rings is 2. The molecule has 0 heterocycles. The van der Waals surface area contributed by atoms with E-state index in [9.17, 15) is 14.4 Å². The van der Waals surface area contributed by atoms with E-state index in [0.717, 1.165) is 17.7 Å². The molecule has 2 aromatic rings. The van der Waals surface area contributed by atoms with Gasteiger partial charge in [0, 0.05) is 4.90 Å². The van der Waals surface area contributed by atoms with Crippen LogP contribution in [-0.2, 0) is 0 Å². The molecule has 0 aromatic heterocycles. The van der Waals surface area contributed by atoms with Gasteiger partial charge in [0.15, 0.2) is 0 Å². The number of ether oxygens (including phenoxy) is 1. The fourth-order valence-electron chi connectivity index (χ4n) is 1.94. The van der Waals surface area contributed by atoms with E-state index in [1.165, 1.54) is 12.1 Å². The summed E-state index contributed by atoms with van der Waals surface area (Å²) in [4.78, 5) is 34.7. The zero-order valence-electron chi connectivity index (χ0n) is 11.9. The number of carboxylic acids is 2. The van der Waals surface area contributed by atoms with Crippen LogP contribution in [0.2, 0.25) is 0 Å². The number of aryl methyl sites for hydroxylation is 1. The number of aromatic carboxylic acids is 2. The first-order chi connectivity index (χ1) is 10.8. The molecule has 2 rings (SSSR count). The minimum Gasteiger partial charge on any atom is -0.478 e. The maximum atomic E-state index is 12.2. The third-order valence-corrected chi connectivity index (χ3v) is 3.71. The second kappa shape index (κ2) is 6.53. The minimum atomic E-state index is -1.43. The van der Waals surface area contributed by atoms with Crippen LogP contribution in [0.25, 0.3) is 0 Å². The van der Waals surface area contributed by atoms with Gasteiger partial charge < -0.3 is 14.9 Å². The van der Waals surface area contributed by atoms with Gasteiger partial charge in [-0.25, -0.2) is 14.4 Å². The van der Waals surface area contributed by atoms with Crippen molar-refractivity contribution in [3.63, 3.8) is 0 Å². The summed E-state index contributed by atoms with van der Waals surface area (Å²) in [5.41, 5.74) is 0.170. The summed E-state index contributed by atoms with van der Waals surface area (Å²) in [6.07, 6.45) is 0. The standard InChI is InChI=1S/C16H12O6S/c1-8-3-2-4-11(13(8)23)16(21)22-9-5-6-10(14(17)18)12(7-9)15(19)20/h2-7,23H,1H3,(H,17,18)(H,19,20). The average Bonchev–Trinajstić information content (AvgIpc) is 2.49. The molecule has 7 heteroatoms. The summed E-state index contributed by atoms with van der Waals surface area (Å²) in [6.45, 7) is 1.78. The van der Waals surface area contributed by atoms with Crippen molar-refractivity contribution >= 4 is 30.5 Å². The Morgan fingerprint density at radius 2 is 1.61 bits per heavy atom. The summed E-state index contributed by atoms with van der Waals surface area (Å²) >= 11 is 4.24. The summed E-state index contributed by atoms with van der Waals surface area (Å²) in [5, 5.41) is 18.0. The number of hydrogen-bond donors (Lipinski definition) is 3. The van der Waals surface area contributed by atoms with Gasteiger partial charge >= 0.3 is 17.9 Å². The van der Waals surface area contributed by atoms with Crippen LogP contribution < -0.4 is 4.74 Å². The Morgan fingerprint density at radius 3 is 2.22 bits per heavy atom. The van der Waals surface area contributed by atoms with Crippen LogP contribution in [-0.4, -0.2) is 28.1 Å². The average molecular weight is 332 g/mol. The van der Waals surface area contributed by atoms with Crippen LogP contribution in [0.3, 0.4) is 0 Å². The Hall–Kier alpha value is -2.80. The number of esters is 1. The summed E-state index contributed by atoms with van der Waals surface area (Å²) in [5.74, 6) is -3.58. The van der Waals surface area contributed by atoms with Crippen molar-refractivity contribution in [2.75, 3.05) is 0 Å². The second-order valence-electron chi connectivity index (χ2n) is 4.68. The minimum absolute atomic E-state index is 0.0633. The van der Waals surface area contributed by atoms with Crippen molar-refractivity contribution in [3.8, 4) is 5.75 Å². The highest BCUT2D eigenvalue weighted by Crippen LogP contribution is 2.23. The SMILES string of the molecule is Cc1cccc(C(=O)Oc2ccc(C(=O)O)c(C(=O)O)c2)c1S. The molecular weight excluding hydrogens is 320 g/mol. The van der Waals surface area contributed by atoms with E-state index in [-0.39, 0.29) is 16.9 Å². The molecule has 0 saturated carbocycles. The van der Waals surface area contributed by atoms with E-state index in [1.807, 2.05) is 0 Å². The van der Waals surface area contributed by atoms with E-state index in [2.05, 4.69) is 12.6 Å². The zero-order chi connectivity index (χ0) is 17.1. The van der Waals surface area contributed by atoms with Crippen LogP contribution in [0.1, 0.15) is 36.6 Å². The number of rotatable bonds is 4. The van der Waals surface area contributed by atoms with Gasteiger partial charge in [-0.3, -0.25) is 0 Å².